The van der Waals surface area contributed by atoms with E-state index in [2.05, 4.69) is 18.7 Å². The molecule has 2 rings (SSSR count). The van der Waals surface area contributed by atoms with E-state index in [4.69, 9.17) is 0 Å². The average molecular weight is 230 g/mol. The van der Waals surface area contributed by atoms with Gasteiger partial charge in [0.15, 0.2) is 0 Å². The molecule has 0 atom stereocenters. The van der Waals surface area contributed by atoms with Crippen LogP contribution in [-0.4, -0.2) is 5.11 Å². The molecule has 0 aliphatic heterocycles. The van der Waals surface area contributed by atoms with Crippen LogP contribution in [0.5, 0.6) is 5.75 Å². The molecule has 1 saturated carbocycles. The Hall–Kier alpha value is -1.24. The first-order valence-electron chi connectivity index (χ1n) is 6.74. The second-order valence-electron chi connectivity index (χ2n) is 5.05. The summed E-state index contributed by atoms with van der Waals surface area (Å²) in [4.78, 5) is 0. The lowest BCUT2D eigenvalue weighted by Gasteiger charge is -2.22. The summed E-state index contributed by atoms with van der Waals surface area (Å²) in [5, 5.41) is 9.83. The summed E-state index contributed by atoms with van der Waals surface area (Å²) in [6.45, 7) is 3.74. The topological polar surface area (TPSA) is 20.2 Å². The SMILES string of the molecule is C=CCCc1cc(C2CCCCC2)ccc1O. The molecule has 1 aromatic rings. The van der Waals surface area contributed by atoms with Crippen molar-refractivity contribution < 1.29 is 5.11 Å². The van der Waals surface area contributed by atoms with Gasteiger partial charge >= 0.3 is 0 Å². The predicted molar refractivity (Wildman–Crippen MR) is 72.5 cm³/mol. The van der Waals surface area contributed by atoms with E-state index in [1.54, 1.807) is 0 Å². The van der Waals surface area contributed by atoms with Gasteiger partial charge in [0.1, 0.15) is 5.75 Å². The highest BCUT2D eigenvalue weighted by Crippen LogP contribution is 2.34. The molecule has 1 heteroatoms. The smallest absolute Gasteiger partial charge is 0.118 e. The van der Waals surface area contributed by atoms with E-state index in [0.717, 1.165) is 18.4 Å². The molecule has 0 spiro atoms. The number of allylic oxidation sites excluding steroid dienone is 1. The number of phenols is 1. The molecule has 1 aliphatic rings. The fourth-order valence-corrected chi connectivity index (χ4v) is 2.75. The quantitative estimate of drug-likeness (QED) is 0.752. The van der Waals surface area contributed by atoms with Crippen LogP contribution in [0.3, 0.4) is 0 Å². The molecule has 92 valence electrons. The Kier molecular flexibility index (Phi) is 4.24. The number of aryl methyl sites for hydroxylation is 1. The number of aromatic hydroxyl groups is 1. The van der Waals surface area contributed by atoms with E-state index in [1.165, 1.54) is 37.7 Å². The minimum atomic E-state index is 0.436. The molecule has 1 aromatic carbocycles. The maximum absolute atomic E-state index is 9.83. The van der Waals surface area contributed by atoms with Crippen LogP contribution in [0.2, 0.25) is 0 Å². The summed E-state index contributed by atoms with van der Waals surface area (Å²) in [6.07, 6.45) is 10.5. The van der Waals surface area contributed by atoms with Gasteiger partial charge in [0.2, 0.25) is 0 Å². The van der Waals surface area contributed by atoms with Gasteiger partial charge in [-0.1, -0.05) is 37.5 Å². The molecule has 0 bridgehead atoms. The molecule has 0 amide bonds. The van der Waals surface area contributed by atoms with Crippen molar-refractivity contribution in [1.82, 2.24) is 0 Å². The van der Waals surface area contributed by atoms with Crippen molar-refractivity contribution in [3.63, 3.8) is 0 Å². The maximum Gasteiger partial charge on any atom is 0.118 e. The predicted octanol–water partition coefficient (Wildman–Crippen LogP) is 4.56. The van der Waals surface area contributed by atoms with E-state index < -0.39 is 0 Å². The maximum atomic E-state index is 9.83. The van der Waals surface area contributed by atoms with Gasteiger partial charge in [0, 0.05) is 0 Å². The van der Waals surface area contributed by atoms with Gasteiger partial charge in [-0.05, 0) is 48.8 Å². The van der Waals surface area contributed by atoms with Crippen LogP contribution in [0.25, 0.3) is 0 Å². The summed E-state index contributed by atoms with van der Waals surface area (Å²) >= 11 is 0. The fourth-order valence-electron chi connectivity index (χ4n) is 2.75. The van der Waals surface area contributed by atoms with Crippen molar-refractivity contribution in [2.24, 2.45) is 0 Å². The van der Waals surface area contributed by atoms with Crippen molar-refractivity contribution in [2.75, 3.05) is 0 Å². The second-order valence-corrected chi connectivity index (χ2v) is 5.05. The van der Waals surface area contributed by atoms with Gasteiger partial charge in [-0.15, -0.1) is 6.58 Å². The molecule has 0 radical (unpaired) electrons. The lowest BCUT2D eigenvalue weighted by molar-refractivity contribution is 0.440. The highest BCUT2D eigenvalue weighted by atomic mass is 16.3. The molecule has 1 aliphatic carbocycles. The zero-order valence-corrected chi connectivity index (χ0v) is 10.5. The Morgan fingerprint density at radius 1 is 1.24 bits per heavy atom. The number of rotatable bonds is 4. The Morgan fingerprint density at radius 3 is 2.71 bits per heavy atom. The molecular formula is C16H22O. The van der Waals surface area contributed by atoms with Gasteiger partial charge in [0.05, 0.1) is 0 Å². The van der Waals surface area contributed by atoms with Crippen molar-refractivity contribution in [2.45, 2.75) is 50.9 Å². The molecule has 0 saturated heterocycles. The van der Waals surface area contributed by atoms with Crippen LogP contribution in [0.15, 0.2) is 30.9 Å². The third-order valence-corrected chi connectivity index (χ3v) is 3.80. The number of hydrogen-bond donors (Lipinski definition) is 1. The van der Waals surface area contributed by atoms with Crippen molar-refractivity contribution in [1.29, 1.82) is 0 Å². The second kappa shape index (κ2) is 5.90. The van der Waals surface area contributed by atoms with Gasteiger partial charge in [-0.25, -0.2) is 0 Å². The van der Waals surface area contributed by atoms with Crippen LogP contribution >= 0.6 is 0 Å². The van der Waals surface area contributed by atoms with E-state index in [9.17, 15) is 5.11 Å². The van der Waals surface area contributed by atoms with Crippen molar-refractivity contribution >= 4 is 0 Å². The molecule has 1 fully saturated rings. The number of phenolic OH excluding ortho intramolecular Hbond substituents is 1. The fraction of sp³-hybridized carbons (Fsp3) is 0.500. The monoisotopic (exact) mass is 230 g/mol. The first kappa shape index (κ1) is 12.2. The van der Waals surface area contributed by atoms with Crippen molar-refractivity contribution in [3.8, 4) is 5.75 Å². The average Bonchev–Trinajstić information content (AvgIpc) is 2.39. The van der Waals surface area contributed by atoms with E-state index in [-0.39, 0.29) is 0 Å². The van der Waals surface area contributed by atoms with Crippen LogP contribution in [0.1, 0.15) is 55.6 Å². The van der Waals surface area contributed by atoms with Gasteiger partial charge in [0.25, 0.3) is 0 Å². The molecule has 17 heavy (non-hydrogen) atoms. The molecule has 1 N–H and O–H groups in total. The summed E-state index contributed by atoms with van der Waals surface area (Å²) in [5.41, 5.74) is 2.49. The Bertz CT molecular complexity index is 375. The lowest BCUT2D eigenvalue weighted by Crippen LogP contribution is -2.04. The Morgan fingerprint density at radius 2 is 2.00 bits per heavy atom. The largest absolute Gasteiger partial charge is 0.508 e. The van der Waals surface area contributed by atoms with Crippen LogP contribution < -0.4 is 0 Å². The Balaban J connectivity index is 2.14. The lowest BCUT2D eigenvalue weighted by atomic mass is 9.83. The molecule has 0 heterocycles. The summed E-state index contributed by atoms with van der Waals surface area (Å²) in [7, 11) is 0. The minimum absolute atomic E-state index is 0.436. The van der Waals surface area contributed by atoms with Gasteiger partial charge in [-0.3, -0.25) is 0 Å². The van der Waals surface area contributed by atoms with Gasteiger partial charge in [-0.2, -0.15) is 0 Å². The van der Waals surface area contributed by atoms with Crippen molar-refractivity contribution in [3.05, 3.63) is 42.0 Å². The zero-order chi connectivity index (χ0) is 12.1. The third kappa shape index (κ3) is 3.12. The number of hydrogen-bond acceptors (Lipinski definition) is 1. The zero-order valence-electron chi connectivity index (χ0n) is 10.5. The van der Waals surface area contributed by atoms with Gasteiger partial charge < -0.3 is 5.11 Å². The first-order chi connectivity index (χ1) is 8.31. The van der Waals surface area contributed by atoms with Crippen LogP contribution in [0.4, 0.5) is 0 Å². The van der Waals surface area contributed by atoms with E-state index >= 15 is 0 Å². The number of benzene rings is 1. The third-order valence-electron chi connectivity index (χ3n) is 3.80. The standard InChI is InChI=1S/C16H22O/c1-2-3-7-15-12-14(10-11-16(15)17)13-8-5-4-6-9-13/h2,10-13,17H,1,3-9H2. The van der Waals surface area contributed by atoms with E-state index in [1.807, 2.05) is 12.1 Å². The molecule has 0 unspecified atom stereocenters. The summed E-state index contributed by atoms with van der Waals surface area (Å²) < 4.78 is 0. The van der Waals surface area contributed by atoms with Crippen LogP contribution in [-0.2, 0) is 6.42 Å². The highest BCUT2D eigenvalue weighted by molar-refractivity contribution is 5.38. The molecule has 0 aromatic heterocycles. The summed E-state index contributed by atoms with van der Waals surface area (Å²) in [6, 6.07) is 6.17. The Labute approximate surface area is 104 Å². The highest BCUT2D eigenvalue weighted by Gasteiger charge is 2.16. The molecular weight excluding hydrogens is 208 g/mol. The van der Waals surface area contributed by atoms with Crippen LogP contribution in [0, 0.1) is 0 Å². The summed E-state index contributed by atoms with van der Waals surface area (Å²) in [5.74, 6) is 1.15. The minimum Gasteiger partial charge on any atom is -0.508 e. The first-order valence-corrected chi connectivity index (χ1v) is 6.74. The van der Waals surface area contributed by atoms with E-state index in [0.29, 0.717) is 11.7 Å². The molecule has 1 nitrogen and oxygen atoms in total. The normalized spacial score (nSPS) is 16.9.